The van der Waals surface area contributed by atoms with Crippen LogP contribution in [0.2, 0.25) is 0 Å². The Morgan fingerprint density at radius 3 is 2.47 bits per heavy atom. The quantitative estimate of drug-likeness (QED) is 0.556. The van der Waals surface area contributed by atoms with E-state index in [4.69, 9.17) is 4.74 Å². The van der Waals surface area contributed by atoms with Crippen molar-refractivity contribution in [3.8, 4) is 10.4 Å². The fourth-order valence-electron chi connectivity index (χ4n) is 4.67. The van der Waals surface area contributed by atoms with Gasteiger partial charge in [0, 0.05) is 57.8 Å². The monoisotopic (exact) mass is 524 g/mol. The first-order valence-electron chi connectivity index (χ1n) is 12.0. The second-order valence-electron chi connectivity index (χ2n) is 9.20. The summed E-state index contributed by atoms with van der Waals surface area (Å²) in [4.78, 5) is 32.7. The number of ether oxygens (including phenoxy) is 1. The van der Waals surface area contributed by atoms with Crippen LogP contribution < -0.4 is 5.32 Å². The van der Waals surface area contributed by atoms with Crippen LogP contribution in [0.3, 0.4) is 0 Å². The molecule has 2 fully saturated rings. The molecular formula is C25H31F3N4O3S. The molecule has 2 aliphatic rings. The van der Waals surface area contributed by atoms with E-state index >= 15 is 0 Å². The Kier molecular flexibility index (Phi) is 8.21. The molecule has 3 heterocycles. The van der Waals surface area contributed by atoms with Crippen molar-refractivity contribution in [1.29, 1.82) is 0 Å². The van der Waals surface area contributed by atoms with Crippen molar-refractivity contribution in [2.45, 2.75) is 31.1 Å². The van der Waals surface area contributed by atoms with Crippen LogP contribution in [0.25, 0.3) is 10.4 Å². The van der Waals surface area contributed by atoms with Crippen molar-refractivity contribution >= 4 is 23.3 Å². The van der Waals surface area contributed by atoms with Gasteiger partial charge in [-0.15, -0.1) is 11.3 Å². The summed E-state index contributed by atoms with van der Waals surface area (Å²) < 4.78 is 43.5. The standard InChI is InChI=1S/C25H31F3N4O3S/c1-30(20-10-13-32(16-20)24(34)31-12-9-19(15-31)29-11-14-35-2)23(33)22-8-7-21(36-22)17-3-5-18(6-4-17)25(26,27)28/h3-8,19-20,29H,9-16H2,1-2H3. The largest absolute Gasteiger partial charge is 0.416 e. The maximum absolute atomic E-state index is 13.1. The highest BCUT2D eigenvalue weighted by Crippen LogP contribution is 2.33. The zero-order valence-corrected chi connectivity index (χ0v) is 21.2. The van der Waals surface area contributed by atoms with Crippen LogP contribution >= 0.6 is 11.3 Å². The van der Waals surface area contributed by atoms with Gasteiger partial charge in [0.15, 0.2) is 0 Å². The highest BCUT2D eigenvalue weighted by Gasteiger charge is 2.36. The van der Waals surface area contributed by atoms with Gasteiger partial charge in [0.2, 0.25) is 0 Å². The second-order valence-corrected chi connectivity index (χ2v) is 10.3. The molecular weight excluding hydrogens is 493 g/mol. The van der Waals surface area contributed by atoms with Gasteiger partial charge in [0.1, 0.15) is 0 Å². The van der Waals surface area contributed by atoms with Gasteiger partial charge in [-0.3, -0.25) is 4.79 Å². The fraction of sp³-hybridized carbons (Fsp3) is 0.520. The highest BCUT2D eigenvalue weighted by molar-refractivity contribution is 7.17. The molecule has 196 valence electrons. The van der Waals surface area contributed by atoms with Crippen molar-refractivity contribution in [2.24, 2.45) is 0 Å². The third-order valence-corrected chi connectivity index (χ3v) is 7.94. The molecule has 0 radical (unpaired) electrons. The number of rotatable bonds is 7. The summed E-state index contributed by atoms with van der Waals surface area (Å²) in [5.74, 6) is -0.152. The Bertz CT molecular complexity index is 1060. The molecule has 0 aliphatic carbocycles. The molecule has 1 aromatic carbocycles. The van der Waals surface area contributed by atoms with Crippen molar-refractivity contribution in [3.05, 3.63) is 46.8 Å². The van der Waals surface area contributed by atoms with E-state index < -0.39 is 11.7 Å². The number of carbonyl (C=O) groups is 2. The number of thiophene rings is 1. The van der Waals surface area contributed by atoms with Crippen LogP contribution in [0, 0.1) is 0 Å². The van der Waals surface area contributed by atoms with E-state index in [1.54, 1.807) is 31.2 Å². The van der Waals surface area contributed by atoms with Crippen LogP contribution in [0.4, 0.5) is 18.0 Å². The predicted molar refractivity (Wildman–Crippen MR) is 132 cm³/mol. The number of hydrogen-bond acceptors (Lipinski definition) is 5. The molecule has 2 unspecified atom stereocenters. The maximum Gasteiger partial charge on any atom is 0.416 e. The van der Waals surface area contributed by atoms with Gasteiger partial charge in [-0.2, -0.15) is 13.2 Å². The van der Waals surface area contributed by atoms with Crippen molar-refractivity contribution in [2.75, 3.05) is 53.5 Å². The third-order valence-electron chi connectivity index (χ3n) is 6.81. The summed E-state index contributed by atoms with van der Waals surface area (Å²) >= 11 is 1.25. The Morgan fingerprint density at radius 1 is 1.08 bits per heavy atom. The minimum absolute atomic E-state index is 0.00936. The molecule has 2 saturated heterocycles. The van der Waals surface area contributed by atoms with Crippen LogP contribution in [0.5, 0.6) is 0 Å². The van der Waals surface area contributed by atoms with Gasteiger partial charge in [0.05, 0.1) is 23.1 Å². The first kappa shape index (κ1) is 26.4. The van der Waals surface area contributed by atoms with Gasteiger partial charge in [0.25, 0.3) is 5.91 Å². The van der Waals surface area contributed by atoms with Crippen LogP contribution in [-0.4, -0.2) is 92.2 Å². The van der Waals surface area contributed by atoms with Gasteiger partial charge in [-0.1, -0.05) is 12.1 Å². The molecule has 7 nitrogen and oxygen atoms in total. The number of halogens is 3. The van der Waals surface area contributed by atoms with E-state index in [1.165, 1.54) is 23.5 Å². The Morgan fingerprint density at radius 2 is 1.78 bits per heavy atom. The summed E-state index contributed by atoms with van der Waals surface area (Å²) in [6.07, 6.45) is -2.77. The second kappa shape index (κ2) is 11.2. The normalized spacial score (nSPS) is 20.2. The molecule has 0 saturated carbocycles. The molecule has 0 spiro atoms. The van der Waals surface area contributed by atoms with Gasteiger partial charge < -0.3 is 24.8 Å². The number of methoxy groups -OCH3 is 1. The number of alkyl halides is 3. The maximum atomic E-state index is 13.1. The Hall–Kier alpha value is -2.63. The van der Waals surface area contributed by atoms with Crippen molar-refractivity contribution in [1.82, 2.24) is 20.0 Å². The average Bonchev–Trinajstić information content (AvgIpc) is 3.63. The number of nitrogens with one attached hydrogen (secondary N) is 1. The van der Waals surface area contributed by atoms with E-state index in [0.29, 0.717) is 49.6 Å². The molecule has 4 rings (SSSR count). The zero-order valence-electron chi connectivity index (χ0n) is 20.4. The number of carbonyl (C=O) groups excluding carboxylic acids is 2. The summed E-state index contributed by atoms with van der Waals surface area (Å²) in [7, 11) is 3.40. The van der Waals surface area contributed by atoms with Crippen molar-refractivity contribution < 1.29 is 27.5 Å². The topological polar surface area (TPSA) is 65.1 Å². The fourth-order valence-corrected chi connectivity index (χ4v) is 5.66. The smallest absolute Gasteiger partial charge is 0.383 e. The summed E-state index contributed by atoms with van der Waals surface area (Å²) in [5, 5.41) is 3.40. The number of benzene rings is 1. The predicted octanol–water partition coefficient (Wildman–Crippen LogP) is 4.01. The number of amides is 3. The van der Waals surface area contributed by atoms with Crippen LogP contribution in [-0.2, 0) is 10.9 Å². The van der Waals surface area contributed by atoms with E-state index in [-0.39, 0.29) is 24.0 Å². The van der Waals surface area contributed by atoms with E-state index in [2.05, 4.69) is 5.32 Å². The van der Waals surface area contributed by atoms with Gasteiger partial charge in [-0.05, 0) is 42.7 Å². The number of hydrogen-bond donors (Lipinski definition) is 1. The molecule has 2 atom stereocenters. The average molecular weight is 525 g/mol. The van der Waals surface area contributed by atoms with E-state index in [0.717, 1.165) is 30.0 Å². The lowest BCUT2D eigenvalue weighted by Crippen LogP contribution is -2.45. The summed E-state index contributed by atoms with van der Waals surface area (Å²) in [5.41, 5.74) is -0.0704. The first-order valence-corrected chi connectivity index (χ1v) is 12.8. The number of urea groups is 1. The molecule has 0 bridgehead atoms. The van der Waals surface area contributed by atoms with Gasteiger partial charge >= 0.3 is 12.2 Å². The number of likely N-dealkylation sites (N-methyl/N-ethyl adjacent to an activating group) is 1. The lowest BCUT2D eigenvalue weighted by Gasteiger charge is -2.27. The molecule has 2 aliphatic heterocycles. The SMILES string of the molecule is COCCNC1CCN(C(=O)N2CCC(N(C)C(=O)c3ccc(-c4ccc(C(F)(F)F)cc4)s3)C2)C1. The Balaban J connectivity index is 1.31. The van der Waals surface area contributed by atoms with Crippen molar-refractivity contribution in [3.63, 3.8) is 0 Å². The zero-order chi connectivity index (χ0) is 25.9. The number of likely N-dealkylation sites (tertiary alicyclic amines) is 2. The molecule has 11 heteroatoms. The number of nitrogens with zero attached hydrogens (tertiary/aromatic N) is 3. The first-order chi connectivity index (χ1) is 17.2. The minimum Gasteiger partial charge on any atom is -0.383 e. The molecule has 36 heavy (non-hydrogen) atoms. The lowest BCUT2D eigenvalue weighted by atomic mass is 10.1. The van der Waals surface area contributed by atoms with E-state index in [1.807, 2.05) is 9.80 Å². The van der Waals surface area contributed by atoms with Crippen LogP contribution in [0.1, 0.15) is 28.1 Å². The summed E-state index contributed by atoms with van der Waals surface area (Å²) in [6.45, 7) is 3.85. The highest BCUT2D eigenvalue weighted by atomic mass is 32.1. The summed E-state index contributed by atoms with van der Waals surface area (Å²) in [6, 6.07) is 8.58. The Labute approximate surface area is 212 Å². The van der Waals surface area contributed by atoms with Crippen LogP contribution in [0.15, 0.2) is 36.4 Å². The lowest BCUT2D eigenvalue weighted by molar-refractivity contribution is -0.137. The van der Waals surface area contributed by atoms with E-state index in [9.17, 15) is 22.8 Å². The molecule has 1 N–H and O–H groups in total. The minimum atomic E-state index is -4.38. The third kappa shape index (κ3) is 6.01. The molecule has 2 aromatic rings. The molecule has 3 amide bonds. The molecule has 1 aromatic heterocycles. The van der Waals surface area contributed by atoms with Gasteiger partial charge in [-0.25, -0.2) is 4.79 Å².